The van der Waals surface area contributed by atoms with Gasteiger partial charge in [-0.15, -0.1) is 12.4 Å². The summed E-state index contributed by atoms with van der Waals surface area (Å²) in [5.41, 5.74) is 5.08. The van der Waals surface area contributed by atoms with Crippen molar-refractivity contribution in [1.82, 2.24) is 4.98 Å². The van der Waals surface area contributed by atoms with E-state index in [2.05, 4.69) is 4.98 Å². The third-order valence-electron chi connectivity index (χ3n) is 2.36. The molecule has 1 aromatic rings. The normalized spacial score (nSPS) is 13.1. The molecule has 0 aliphatic heterocycles. The highest BCUT2D eigenvalue weighted by Crippen LogP contribution is 2.33. The first kappa shape index (κ1) is 16.5. The minimum atomic E-state index is -4.42. The average molecular weight is 289 g/mol. The summed E-state index contributed by atoms with van der Waals surface area (Å²) in [4.78, 5) is 3.75. The van der Waals surface area contributed by atoms with E-state index in [9.17, 15) is 13.2 Å². The van der Waals surface area contributed by atoms with Crippen LogP contribution in [-0.4, -0.2) is 11.5 Å². The molecule has 2 N–H and O–H groups in total. The third-order valence-corrected chi connectivity index (χ3v) is 2.66. The van der Waals surface area contributed by atoms with E-state index in [0.717, 1.165) is 12.3 Å². The van der Waals surface area contributed by atoms with Crippen LogP contribution in [0.2, 0.25) is 5.02 Å². The van der Waals surface area contributed by atoms with Crippen molar-refractivity contribution in [3.05, 3.63) is 28.5 Å². The maximum Gasteiger partial charge on any atom is 0.417 e. The van der Waals surface area contributed by atoms with Crippen molar-refractivity contribution in [3.8, 4) is 0 Å². The molecule has 0 fully saturated rings. The Morgan fingerprint density at radius 1 is 1.47 bits per heavy atom. The Hall–Kier alpha value is -0.520. The monoisotopic (exact) mass is 288 g/mol. The minimum absolute atomic E-state index is 0. The quantitative estimate of drug-likeness (QED) is 0.922. The number of alkyl halides is 3. The van der Waals surface area contributed by atoms with Gasteiger partial charge in [0.25, 0.3) is 0 Å². The Morgan fingerprint density at radius 3 is 2.41 bits per heavy atom. The highest BCUT2D eigenvalue weighted by molar-refractivity contribution is 6.31. The van der Waals surface area contributed by atoms with E-state index in [-0.39, 0.29) is 23.3 Å². The number of aromatic nitrogens is 1. The predicted octanol–water partition coefficient (Wildman–Crippen LogP) is 3.63. The zero-order valence-electron chi connectivity index (χ0n) is 9.09. The van der Waals surface area contributed by atoms with Gasteiger partial charge < -0.3 is 5.73 Å². The van der Waals surface area contributed by atoms with Crippen molar-refractivity contribution in [3.63, 3.8) is 0 Å². The summed E-state index contributed by atoms with van der Waals surface area (Å²) in [5.74, 6) is -0.102. The van der Waals surface area contributed by atoms with E-state index in [4.69, 9.17) is 17.3 Å². The third kappa shape index (κ3) is 4.01. The minimum Gasteiger partial charge on any atom is -0.330 e. The predicted molar refractivity (Wildman–Crippen MR) is 63.6 cm³/mol. The Balaban J connectivity index is 0.00000256. The Labute approximate surface area is 109 Å². The molecule has 0 saturated heterocycles. The van der Waals surface area contributed by atoms with Gasteiger partial charge in [0.05, 0.1) is 16.3 Å². The summed E-state index contributed by atoms with van der Waals surface area (Å²) < 4.78 is 37.0. The second kappa shape index (κ2) is 6.42. The fraction of sp³-hybridized carbons (Fsp3) is 0.500. The smallest absolute Gasteiger partial charge is 0.330 e. The maximum absolute atomic E-state index is 12.3. The summed E-state index contributed by atoms with van der Waals surface area (Å²) in [6.45, 7) is 2.20. The Bertz CT molecular complexity index is 365. The molecular formula is C10H13Cl2F3N2. The van der Waals surface area contributed by atoms with E-state index in [0.29, 0.717) is 18.7 Å². The van der Waals surface area contributed by atoms with Crippen LogP contribution in [-0.2, 0) is 6.18 Å². The molecule has 7 heteroatoms. The van der Waals surface area contributed by atoms with Gasteiger partial charge in [0.15, 0.2) is 0 Å². The molecule has 0 aliphatic carbocycles. The van der Waals surface area contributed by atoms with Crippen LogP contribution in [0.5, 0.6) is 0 Å². The number of rotatable bonds is 3. The zero-order valence-corrected chi connectivity index (χ0v) is 10.7. The molecule has 0 radical (unpaired) electrons. The van der Waals surface area contributed by atoms with Crippen molar-refractivity contribution < 1.29 is 13.2 Å². The lowest BCUT2D eigenvalue weighted by Gasteiger charge is -2.14. The molecular weight excluding hydrogens is 276 g/mol. The van der Waals surface area contributed by atoms with Crippen LogP contribution in [0, 0.1) is 0 Å². The molecule has 17 heavy (non-hydrogen) atoms. The molecule has 0 spiro atoms. The molecule has 0 bridgehead atoms. The van der Waals surface area contributed by atoms with Gasteiger partial charge in [-0.05, 0) is 12.5 Å². The molecule has 1 atom stereocenters. The summed E-state index contributed by atoms with van der Waals surface area (Å²) in [7, 11) is 0. The zero-order chi connectivity index (χ0) is 12.3. The van der Waals surface area contributed by atoms with Crippen LogP contribution in [0.25, 0.3) is 0 Å². The Kier molecular flexibility index (Phi) is 6.23. The van der Waals surface area contributed by atoms with Crippen molar-refractivity contribution in [2.45, 2.75) is 25.4 Å². The second-order valence-corrected chi connectivity index (χ2v) is 3.84. The highest BCUT2D eigenvalue weighted by Gasteiger charge is 2.32. The van der Waals surface area contributed by atoms with Crippen LogP contribution in [0.1, 0.15) is 30.5 Å². The molecule has 0 aliphatic rings. The van der Waals surface area contributed by atoms with Crippen molar-refractivity contribution in [1.29, 1.82) is 0 Å². The number of nitrogens with zero attached hydrogens (tertiary/aromatic N) is 1. The van der Waals surface area contributed by atoms with Gasteiger partial charge in [-0.1, -0.05) is 18.5 Å². The van der Waals surface area contributed by atoms with Gasteiger partial charge in [0, 0.05) is 18.7 Å². The molecule has 0 aromatic carbocycles. The number of hydrogen-bond donors (Lipinski definition) is 1. The van der Waals surface area contributed by atoms with E-state index >= 15 is 0 Å². The van der Waals surface area contributed by atoms with Crippen LogP contribution in [0.15, 0.2) is 12.3 Å². The first-order valence-electron chi connectivity index (χ1n) is 4.82. The van der Waals surface area contributed by atoms with Gasteiger partial charge in [-0.3, -0.25) is 4.98 Å². The van der Waals surface area contributed by atoms with E-state index in [1.807, 2.05) is 6.92 Å². The number of pyridine rings is 1. The second-order valence-electron chi connectivity index (χ2n) is 3.43. The maximum atomic E-state index is 12.3. The number of halogens is 5. The number of nitrogens with two attached hydrogens (primary N) is 1. The standard InChI is InChI=1S/C10H12ClF3N2.ClH/c1-2-6(4-15)9-8(11)3-7(5-16-9)10(12,13)14;/h3,5-6H,2,4,15H2,1H3;1H. The van der Waals surface area contributed by atoms with Gasteiger partial charge in [0.2, 0.25) is 0 Å². The fourth-order valence-electron chi connectivity index (χ4n) is 1.38. The lowest BCUT2D eigenvalue weighted by atomic mass is 10.0. The SMILES string of the molecule is CCC(CN)c1ncc(C(F)(F)F)cc1Cl.Cl. The summed E-state index contributed by atoms with van der Waals surface area (Å²) >= 11 is 5.77. The van der Waals surface area contributed by atoms with E-state index < -0.39 is 11.7 Å². The molecule has 2 nitrogen and oxygen atoms in total. The van der Waals surface area contributed by atoms with Gasteiger partial charge in [-0.25, -0.2) is 0 Å². The van der Waals surface area contributed by atoms with Crippen molar-refractivity contribution in [2.24, 2.45) is 5.73 Å². The summed E-state index contributed by atoms with van der Waals surface area (Å²) in [6, 6.07) is 0.891. The molecule has 0 amide bonds. The fourth-order valence-corrected chi connectivity index (χ4v) is 1.70. The summed E-state index contributed by atoms with van der Waals surface area (Å²) in [6.07, 6.45) is -2.94. The topological polar surface area (TPSA) is 38.9 Å². The lowest BCUT2D eigenvalue weighted by molar-refractivity contribution is -0.137. The van der Waals surface area contributed by atoms with E-state index in [1.54, 1.807) is 0 Å². The Morgan fingerprint density at radius 2 is 2.06 bits per heavy atom. The number of hydrogen-bond acceptors (Lipinski definition) is 2. The molecule has 1 heterocycles. The van der Waals surface area contributed by atoms with Crippen LogP contribution >= 0.6 is 24.0 Å². The van der Waals surface area contributed by atoms with Crippen LogP contribution < -0.4 is 5.73 Å². The van der Waals surface area contributed by atoms with Crippen LogP contribution in [0.3, 0.4) is 0 Å². The van der Waals surface area contributed by atoms with Crippen molar-refractivity contribution in [2.75, 3.05) is 6.54 Å². The van der Waals surface area contributed by atoms with Gasteiger partial charge >= 0.3 is 6.18 Å². The van der Waals surface area contributed by atoms with E-state index in [1.165, 1.54) is 0 Å². The summed E-state index contributed by atoms with van der Waals surface area (Å²) in [5, 5.41) is 0.0205. The molecule has 98 valence electrons. The molecule has 1 rings (SSSR count). The highest BCUT2D eigenvalue weighted by atomic mass is 35.5. The van der Waals surface area contributed by atoms with Gasteiger partial charge in [0.1, 0.15) is 0 Å². The largest absolute Gasteiger partial charge is 0.417 e. The molecule has 1 aromatic heterocycles. The van der Waals surface area contributed by atoms with Crippen molar-refractivity contribution >= 4 is 24.0 Å². The molecule has 1 unspecified atom stereocenters. The lowest BCUT2D eigenvalue weighted by Crippen LogP contribution is -2.14. The first-order valence-corrected chi connectivity index (χ1v) is 5.20. The average Bonchev–Trinajstić information content (AvgIpc) is 2.20. The first-order chi connectivity index (χ1) is 7.40. The van der Waals surface area contributed by atoms with Crippen LogP contribution in [0.4, 0.5) is 13.2 Å². The van der Waals surface area contributed by atoms with Gasteiger partial charge in [-0.2, -0.15) is 13.2 Å². The molecule has 0 saturated carbocycles.